The Balaban J connectivity index is 1.09. The highest BCUT2D eigenvalue weighted by Crippen LogP contribution is 2.33. The maximum Gasteiger partial charge on any atom is 0.410 e. The lowest BCUT2D eigenvalue weighted by molar-refractivity contribution is 0.0134. The summed E-state index contributed by atoms with van der Waals surface area (Å²) in [6.07, 6.45) is 12.8. The molecule has 0 bridgehead atoms. The van der Waals surface area contributed by atoms with Crippen LogP contribution in [-0.4, -0.2) is 80.5 Å². The molecule has 2 aliphatic heterocycles. The van der Waals surface area contributed by atoms with Crippen molar-refractivity contribution in [3.05, 3.63) is 41.4 Å². The molecule has 1 amide bonds. The summed E-state index contributed by atoms with van der Waals surface area (Å²) in [6, 6.07) is 4.35. The zero-order valence-electron chi connectivity index (χ0n) is 24.3. The minimum absolute atomic E-state index is 0.144. The third-order valence-corrected chi connectivity index (χ3v) is 8.81. The van der Waals surface area contributed by atoms with Crippen molar-refractivity contribution in [1.29, 1.82) is 0 Å². The Labute approximate surface area is 246 Å². The zero-order chi connectivity index (χ0) is 28.4. The largest absolute Gasteiger partial charge is 0.444 e. The Kier molecular flexibility index (Phi) is 8.05. The van der Waals surface area contributed by atoms with Crippen LogP contribution in [0.3, 0.4) is 0 Å². The van der Waals surface area contributed by atoms with Crippen molar-refractivity contribution in [3.63, 3.8) is 0 Å². The van der Waals surface area contributed by atoms with Gasteiger partial charge in [-0.2, -0.15) is 0 Å². The standard InChI is InChI=1S/C30H40N8O2S/c1-30(2,3)40-29(39)38(19-21-8-9-21)24-7-6-14-37(20-24)23-11-10-22(32-16-23)15-27-34-35-28(41-27)25-17-31-18-26(33-25)36-12-4-5-13-36/h10-11,16-18,21,24H,4-9,12-15,19-20H2,1-3H3/t24-/m1/s1. The number of nitrogens with zero attached hydrogens (tertiary/aromatic N) is 8. The first kappa shape index (κ1) is 27.8. The molecule has 0 aromatic carbocycles. The molecule has 41 heavy (non-hydrogen) atoms. The number of hydrogen-bond donors (Lipinski definition) is 0. The highest BCUT2D eigenvalue weighted by atomic mass is 32.1. The molecule has 3 aromatic rings. The van der Waals surface area contributed by atoms with Gasteiger partial charge in [0.15, 0.2) is 5.01 Å². The van der Waals surface area contributed by atoms with Crippen LogP contribution in [0.25, 0.3) is 10.7 Å². The number of piperidine rings is 1. The molecule has 0 unspecified atom stereocenters. The summed E-state index contributed by atoms with van der Waals surface area (Å²) in [5.74, 6) is 1.52. The fourth-order valence-electron chi connectivity index (χ4n) is 5.56. The summed E-state index contributed by atoms with van der Waals surface area (Å²) >= 11 is 1.54. The smallest absolute Gasteiger partial charge is 0.410 e. The molecule has 10 nitrogen and oxygen atoms in total. The van der Waals surface area contributed by atoms with E-state index < -0.39 is 5.60 Å². The van der Waals surface area contributed by atoms with Crippen LogP contribution in [0.2, 0.25) is 0 Å². The van der Waals surface area contributed by atoms with E-state index in [4.69, 9.17) is 14.7 Å². The lowest BCUT2D eigenvalue weighted by atomic mass is 10.0. The van der Waals surface area contributed by atoms with Crippen molar-refractivity contribution in [2.24, 2.45) is 5.92 Å². The summed E-state index contributed by atoms with van der Waals surface area (Å²) in [5.41, 5.74) is 2.31. The summed E-state index contributed by atoms with van der Waals surface area (Å²) in [7, 11) is 0. The lowest BCUT2D eigenvalue weighted by Gasteiger charge is -2.40. The molecule has 3 fully saturated rings. The Morgan fingerprint density at radius 1 is 1.02 bits per heavy atom. The normalized spacial score (nSPS) is 19.4. The van der Waals surface area contributed by atoms with E-state index in [0.29, 0.717) is 12.3 Å². The molecule has 11 heteroatoms. The van der Waals surface area contributed by atoms with Crippen molar-refractivity contribution in [1.82, 2.24) is 30.0 Å². The molecule has 3 aromatic heterocycles. The minimum Gasteiger partial charge on any atom is -0.444 e. The number of carbonyl (C=O) groups excluding carboxylic acids is 1. The van der Waals surface area contributed by atoms with E-state index in [1.54, 1.807) is 17.5 Å². The van der Waals surface area contributed by atoms with Crippen LogP contribution >= 0.6 is 11.3 Å². The van der Waals surface area contributed by atoms with Crippen molar-refractivity contribution in [2.75, 3.05) is 42.5 Å². The van der Waals surface area contributed by atoms with Gasteiger partial charge in [0.05, 0.1) is 30.3 Å². The number of carbonyl (C=O) groups is 1. The van der Waals surface area contributed by atoms with Crippen molar-refractivity contribution in [3.8, 4) is 10.7 Å². The fourth-order valence-corrected chi connectivity index (χ4v) is 6.37. The van der Waals surface area contributed by atoms with Gasteiger partial charge >= 0.3 is 6.09 Å². The van der Waals surface area contributed by atoms with Gasteiger partial charge in [-0.05, 0) is 77.3 Å². The Hall–Kier alpha value is -3.34. The zero-order valence-corrected chi connectivity index (χ0v) is 25.1. The first-order chi connectivity index (χ1) is 19.8. The summed E-state index contributed by atoms with van der Waals surface area (Å²) < 4.78 is 5.79. The molecule has 6 rings (SSSR count). The van der Waals surface area contributed by atoms with E-state index in [9.17, 15) is 4.79 Å². The maximum absolute atomic E-state index is 13.1. The van der Waals surface area contributed by atoms with Gasteiger partial charge in [-0.15, -0.1) is 10.2 Å². The van der Waals surface area contributed by atoms with Gasteiger partial charge in [-0.25, -0.2) is 9.78 Å². The summed E-state index contributed by atoms with van der Waals surface area (Å²) in [4.78, 5) is 33.7. The number of pyridine rings is 1. The molecule has 3 aliphatic rings. The van der Waals surface area contributed by atoms with Gasteiger partial charge in [0.1, 0.15) is 22.1 Å². The summed E-state index contributed by atoms with van der Waals surface area (Å²) in [5, 5.41) is 10.5. The SMILES string of the molecule is CC(C)(C)OC(=O)N(CC1CC1)[C@@H]1CCCN(c2ccc(Cc3nnc(-c4cncc(N5CCCC5)n4)s3)nc2)C1. The molecular weight excluding hydrogens is 536 g/mol. The van der Waals surface area contributed by atoms with Crippen molar-refractivity contribution >= 4 is 28.9 Å². The second kappa shape index (κ2) is 11.9. The number of rotatable bonds is 8. The van der Waals surface area contributed by atoms with Gasteiger partial charge in [0.25, 0.3) is 0 Å². The number of hydrogen-bond acceptors (Lipinski definition) is 10. The molecular formula is C30H40N8O2S. The summed E-state index contributed by atoms with van der Waals surface area (Å²) in [6.45, 7) is 10.4. The van der Waals surface area contributed by atoms with E-state index in [2.05, 4.69) is 37.1 Å². The minimum atomic E-state index is -0.494. The fraction of sp³-hybridized carbons (Fsp3) is 0.600. The number of ether oxygens (including phenoxy) is 1. The first-order valence-electron chi connectivity index (χ1n) is 14.9. The molecule has 2 saturated heterocycles. The number of aromatic nitrogens is 5. The lowest BCUT2D eigenvalue weighted by Crippen LogP contribution is -2.52. The van der Waals surface area contributed by atoms with Crippen LogP contribution in [0.15, 0.2) is 30.7 Å². The van der Waals surface area contributed by atoms with Gasteiger partial charge in [0.2, 0.25) is 0 Å². The molecule has 1 aliphatic carbocycles. The topological polar surface area (TPSA) is 100 Å². The molecule has 0 radical (unpaired) electrons. The van der Waals surface area contributed by atoms with Gasteiger partial charge < -0.3 is 19.4 Å². The quantitative estimate of drug-likeness (QED) is 0.358. The Bertz CT molecular complexity index is 1330. The first-order valence-corrected chi connectivity index (χ1v) is 15.7. The predicted octanol–water partition coefficient (Wildman–Crippen LogP) is 5.20. The van der Waals surface area contributed by atoms with E-state index in [0.717, 1.165) is 78.5 Å². The van der Waals surface area contributed by atoms with Gasteiger partial charge in [-0.3, -0.25) is 9.97 Å². The monoisotopic (exact) mass is 576 g/mol. The number of amides is 1. The third-order valence-electron chi connectivity index (χ3n) is 7.86. The average Bonchev–Trinajstić information content (AvgIpc) is 3.39. The Morgan fingerprint density at radius 2 is 1.83 bits per heavy atom. The van der Waals surface area contributed by atoms with Gasteiger partial charge in [0, 0.05) is 44.8 Å². The molecule has 5 heterocycles. The second-order valence-electron chi connectivity index (χ2n) is 12.5. The molecule has 0 spiro atoms. The van der Waals surface area contributed by atoms with E-state index in [1.165, 1.54) is 25.7 Å². The molecule has 1 saturated carbocycles. The van der Waals surface area contributed by atoms with Crippen LogP contribution in [0.4, 0.5) is 16.3 Å². The molecule has 1 atom stereocenters. The predicted molar refractivity (Wildman–Crippen MR) is 160 cm³/mol. The van der Waals surface area contributed by atoms with Crippen LogP contribution in [0.1, 0.15) is 70.0 Å². The van der Waals surface area contributed by atoms with E-state index in [1.807, 2.05) is 38.1 Å². The van der Waals surface area contributed by atoms with Crippen molar-refractivity contribution < 1.29 is 9.53 Å². The highest BCUT2D eigenvalue weighted by molar-refractivity contribution is 7.14. The van der Waals surface area contributed by atoms with Crippen LogP contribution in [0.5, 0.6) is 0 Å². The van der Waals surface area contributed by atoms with Crippen molar-refractivity contribution in [2.45, 2.75) is 77.4 Å². The third kappa shape index (κ3) is 7.12. The van der Waals surface area contributed by atoms with Gasteiger partial charge in [-0.1, -0.05) is 11.3 Å². The molecule has 218 valence electrons. The average molecular weight is 577 g/mol. The molecule has 0 N–H and O–H groups in total. The van der Waals surface area contributed by atoms with Crippen LogP contribution in [0, 0.1) is 5.92 Å². The number of anilines is 2. The van der Waals surface area contributed by atoms with Crippen LogP contribution < -0.4 is 9.80 Å². The van der Waals surface area contributed by atoms with Crippen LogP contribution in [-0.2, 0) is 11.2 Å². The highest BCUT2D eigenvalue weighted by Gasteiger charge is 2.36. The maximum atomic E-state index is 13.1. The van der Waals surface area contributed by atoms with E-state index >= 15 is 0 Å². The Morgan fingerprint density at radius 3 is 2.56 bits per heavy atom. The second-order valence-corrected chi connectivity index (χ2v) is 13.5. The van der Waals surface area contributed by atoms with E-state index in [-0.39, 0.29) is 12.1 Å².